The van der Waals surface area contributed by atoms with E-state index in [2.05, 4.69) is 217 Å². The molecule has 2 nitrogen and oxygen atoms in total. The van der Waals surface area contributed by atoms with Crippen LogP contribution in [0.1, 0.15) is 0 Å². The molecule has 0 saturated carbocycles. The van der Waals surface area contributed by atoms with Gasteiger partial charge in [0.1, 0.15) is 11.2 Å². The van der Waals surface area contributed by atoms with Crippen LogP contribution in [0.2, 0.25) is 0 Å². The Kier molecular flexibility index (Phi) is 8.19. The highest BCUT2D eigenvalue weighted by Crippen LogP contribution is 2.45. The first-order chi connectivity index (χ1) is 28.7. The summed E-state index contributed by atoms with van der Waals surface area (Å²) in [6, 6.07) is 80.8. The van der Waals surface area contributed by atoms with E-state index in [0.717, 1.165) is 66.8 Å². The highest BCUT2D eigenvalue weighted by molar-refractivity contribution is 6.12. The lowest BCUT2D eigenvalue weighted by Gasteiger charge is -2.29. The van der Waals surface area contributed by atoms with Gasteiger partial charge in [-0.25, -0.2) is 0 Å². The van der Waals surface area contributed by atoms with Gasteiger partial charge in [0.15, 0.2) is 0 Å². The molecule has 0 bridgehead atoms. The molecule has 1 heterocycles. The number of para-hydroxylation sites is 1. The number of rotatable bonds is 7. The van der Waals surface area contributed by atoms with Crippen molar-refractivity contribution in [1.29, 1.82) is 0 Å². The molecule has 0 saturated heterocycles. The average Bonchev–Trinajstić information content (AvgIpc) is 3.69. The van der Waals surface area contributed by atoms with Gasteiger partial charge >= 0.3 is 0 Å². The van der Waals surface area contributed by atoms with Crippen molar-refractivity contribution in [3.05, 3.63) is 224 Å². The Labute approximate surface area is 337 Å². The number of nitrogens with zero attached hydrogens (tertiary/aromatic N) is 1. The predicted octanol–water partition coefficient (Wildman–Crippen LogP) is 16.0. The Morgan fingerprint density at radius 1 is 0.293 bits per heavy atom. The van der Waals surface area contributed by atoms with Gasteiger partial charge in [-0.1, -0.05) is 176 Å². The number of benzene rings is 10. The van der Waals surface area contributed by atoms with Gasteiger partial charge in [0.25, 0.3) is 0 Å². The largest absolute Gasteiger partial charge is 0.456 e. The molecule has 10 aromatic carbocycles. The summed E-state index contributed by atoms with van der Waals surface area (Å²) in [6.45, 7) is 0. The summed E-state index contributed by atoms with van der Waals surface area (Å²) in [5, 5.41) is 7.22. The highest BCUT2D eigenvalue weighted by Gasteiger charge is 2.20. The second kappa shape index (κ2) is 14.1. The number of anilines is 3. The van der Waals surface area contributed by atoms with E-state index in [1.165, 1.54) is 38.2 Å². The number of fused-ring (bicyclic) bond motifs is 5. The molecule has 0 radical (unpaired) electrons. The fourth-order valence-corrected chi connectivity index (χ4v) is 8.63. The molecule has 0 aliphatic carbocycles. The van der Waals surface area contributed by atoms with Crippen molar-refractivity contribution in [1.82, 2.24) is 0 Å². The molecular formula is C56H37NO. The van der Waals surface area contributed by atoms with Crippen LogP contribution >= 0.6 is 0 Å². The van der Waals surface area contributed by atoms with E-state index in [1.54, 1.807) is 0 Å². The smallest absolute Gasteiger partial charge is 0.136 e. The first-order valence-electron chi connectivity index (χ1n) is 19.8. The normalized spacial score (nSPS) is 11.4. The van der Waals surface area contributed by atoms with Gasteiger partial charge in [-0.15, -0.1) is 0 Å². The SMILES string of the molecule is c1ccc(-c2ccc(-c3ccc4ccccc4c3)cc2N(c2ccc(-c3cccc4ccccc34)cc2)c2ccc(-c3cccc4oc5ccccc5c34)cc2)cc1. The van der Waals surface area contributed by atoms with Gasteiger partial charge in [-0.05, 0) is 109 Å². The molecule has 0 N–H and O–H groups in total. The van der Waals surface area contributed by atoms with E-state index in [1.807, 2.05) is 12.1 Å². The van der Waals surface area contributed by atoms with E-state index in [-0.39, 0.29) is 0 Å². The Morgan fingerprint density at radius 2 is 0.828 bits per heavy atom. The van der Waals surface area contributed by atoms with E-state index in [9.17, 15) is 0 Å². The molecule has 0 unspecified atom stereocenters. The number of hydrogen-bond donors (Lipinski definition) is 0. The van der Waals surface area contributed by atoms with Crippen molar-refractivity contribution in [2.45, 2.75) is 0 Å². The quantitative estimate of drug-likeness (QED) is 0.162. The molecule has 0 atom stereocenters. The van der Waals surface area contributed by atoms with Crippen molar-refractivity contribution in [2.75, 3.05) is 4.90 Å². The lowest BCUT2D eigenvalue weighted by Crippen LogP contribution is -2.11. The average molecular weight is 740 g/mol. The zero-order valence-electron chi connectivity index (χ0n) is 31.7. The van der Waals surface area contributed by atoms with Crippen LogP contribution in [0.3, 0.4) is 0 Å². The third-order valence-electron chi connectivity index (χ3n) is 11.5. The summed E-state index contributed by atoms with van der Waals surface area (Å²) in [4.78, 5) is 2.41. The molecule has 11 rings (SSSR count). The highest BCUT2D eigenvalue weighted by atomic mass is 16.3. The van der Waals surface area contributed by atoms with Crippen molar-refractivity contribution < 1.29 is 4.42 Å². The molecule has 0 aliphatic heterocycles. The molecule has 0 aliphatic rings. The van der Waals surface area contributed by atoms with Gasteiger partial charge < -0.3 is 9.32 Å². The summed E-state index contributed by atoms with van der Waals surface area (Å²) in [5.41, 5.74) is 14.4. The van der Waals surface area contributed by atoms with Gasteiger partial charge in [-0.2, -0.15) is 0 Å². The van der Waals surface area contributed by atoms with Crippen LogP contribution in [0.15, 0.2) is 229 Å². The molecule has 58 heavy (non-hydrogen) atoms. The Hall–Kier alpha value is -7.68. The molecule has 0 amide bonds. The lowest BCUT2D eigenvalue weighted by atomic mass is 9.95. The standard InChI is InChI=1S/C56H37NO/c1-2-13-40(14-3-1)50-35-30-45(44-25-24-38-12-4-5-16-43(38)36-44)37-53(50)57(46-31-26-41(27-32-46)49-20-10-17-39-15-6-7-18-48(39)49)47-33-28-42(29-34-47)51-21-11-23-55-56(51)52-19-8-9-22-54(52)58-55/h1-37H. The van der Waals surface area contributed by atoms with E-state index < -0.39 is 0 Å². The van der Waals surface area contributed by atoms with Crippen LogP contribution in [0.4, 0.5) is 17.1 Å². The van der Waals surface area contributed by atoms with Crippen molar-refractivity contribution in [3.8, 4) is 44.5 Å². The zero-order valence-corrected chi connectivity index (χ0v) is 31.7. The summed E-state index contributed by atoms with van der Waals surface area (Å²) in [7, 11) is 0. The summed E-state index contributed by atoms with van der Waals surface area (Å²) in [6.07, 6.45) is 0. The molecule has 2 heteroatoms. The summed E-state index contributed by atoms with van der Waals surface area (Å²) in [5.74, 6) is 0. The van der Waals surface area contributed by atoms with Crippen LogP contribution in [-0.4, -0.2) is 0 Å². The van der Waals surface area contributed by atoms with E-state index in [0.29, 0.717) is 0 Å². The van der Waals surface area contributed by atoms with Crippen molar-refractivity contribution >= 4 is 60.5 Å². The van der Waals surface area contributed by atoms with Crippen LogP contribution in [0, 0.1) is 0 Å². The van der Waals surface area contributed by atoms with E-state index in [4.69, 9.17) is 4.42 Å². The third kappa shape index (κ3) is 5.91. The molecule has 0 spiro atoms. The predicted molar refractivity (Wildman–Crippen MR) is 245 cm³/mol. The fraction of sp³-hybridized carbons (Fsp3) is 0. The number of hydrogen-bond acceptors (Lipinski definition) is 2. The van der Waals surface area contributed by atoms with Crippen LogP contribution < -0.4 is 4.90 Å². The first kappa shape index (κ1) is 33.6. The molecule has 1 aromatic heterocycles. The van der Waals surface area contributed by atoms with Gasteiger partial charge in [-0.3, -0.25) is 0 Å². The van der Waals surface area contributed by atoms with E-state index >= 15 is 0 Å². The molecule has 11 aromatic rings. The molecule has 272 valence electrons. The third-order valence-corrected chi connectivity index (χ3v) is 11.5. The summed E-state index contributed by atoms with van der Waals surface area (Å²) >= 11 is 0. The van der Waals surface area contributed by atoms with Crippen molar-refractivity contribution in [2.24, 2.45) is 0 Å². The Morgan fingerprint density at radius 3 is 1.62 bits per heavy atom. The van der Waals surface area contributed by atoms with Gasteiger partial charge in [0.2, 0.25) is 0 Å². The Balaban J connectivity index is 1.10. The summed E-state index contributed by atoms with van der Waals surface area (Å²) < 4.78 is 6.28. The van der Waals surface area contributed by atoms with Crippen LogP contribution in [0.25, 0.3) is 88.0 Å². The minimum Gasteiger partial charge on any atom is -0.456 e. The maximum atomic E-state index is 6.28. The second-order valence-corrected chi connectivity index (χ2v) is 14.9. The van der Waals surface area contributed by atoms with Crippen LogP contribution in [0.5, 0.6) is 0 Å². The minimum absolute atomic E-state index is 0.897. The van der Waals surface area contributed by atoms with Gasteiger partial charge in [0.05, 0.1) is 5.69 Å². The number of furan rings is 1. The second-order valence-electron chi connectivity index (χ2n) is 14.9. The fourth-order valence-electron chi connectivity index (χ4n) is 8.63. The topological polar surface area (TPSA) is 16.4 Å². The minimum atomic E-state index is 0.897. The maximum Gasteiger partial charge on any atom is 0.136 e. The molecule has 0 fully saturated rings. The maximum absolute atomic E-state index is 6.28. The van der Waals surface area contributed by atoms with Gasteiger partial charge in [0, 0.05) is 27.7 Å². The lowest BCUT2D eigenvalue weighted by molar-refractivity contribution is 0.669. The zero-order chi connectivity index (χ0) is 38.4. The van der Waals surface area contributed by atoms with Crippen LogP contribution in [-0.2, 0) is 0 Å². The Bertz CT molecular complexity index is 3260. The first-order valence-corrected chi connectivity index (χ1v) is 19.8. The molecular weight excluding hydrogens is 703 g/mol. The monoisotopic (exact) mass is 739 g/mol. The van der Waals surface area contributed by atoms with Crippen molar-refractivity contribution in [3.63, 3.8) is 0 Å².